The number of nitrogens with zero attached hydrogens (tertiary/aromatic N) is 2. The molecule has 112 valence electrons. The van der Waals surface area contributed by atoms with Gasteiger partial charge in [0.25, 0.3) is 0 Å². The molecule has 0 saturated heterocycles. The Bertz CT molecular complexity index is 737. The van der Waals surface area contributed by atoms with E-state index in [9.17, 15) is 0 Å². The van der Waals surface area contributed by atoms with Crippen LogP contribution < -0.4 is 14.8 Å². The summed E-state index contributed by atoms with van der Waals surface area (Å²) >= 11 is 1.31. The standard InChI is InChI=1S/C16H15N3O2S/c1-20-13-8-12(9-14(10-13)21-2)17-16-18-15(19-22-16)11-6-4-3-5-7-11/h3-10H,1-2H3,(H,17,18,19). The van der Waals surface area contributed by atoms with E-state index in [0.29, 0.717) is 11.0 Å². The summed E-state index contributed by atoms with van der Waals surface area (Å²) in [6.45, 7) is 0. The number of hydrogen-bond donors (Lipinski definition) is 1. The Morgan fingerprint density at radius 3 is 2.27 bits per heavy atom. The largest absolute Gasteiger partial charge is 0.497 e. The highest BCUT2D eigenvalue weighted by Crippen LogP contribution is 2.29. The van der Waals surface area contributed by atoms with E-state index in [1.165, 1.54) is 11.5 Å². The van der Waals surface area contributed by atoms with Crippen molar-refractivity contribution in [2.24, 2.45) is 0 Å². The van der Waals surface area contributed by atoms with Gasteiger partial charge in [0.1, 0.15) is 11.5 Å². The van der Waals surface area contributed by atoms with E-state index in [4.69, 9.17) is 9.47 Å². The van der Waals surface area contributed by atoms with Gasteiger partial charge in [-0.3, -0.25) is 0 Å². The van der Waals surface area contributed by atoms with Crippen LogP contribution in [0.5, 0.6) is 11.5 Å². The van der Waals surface area contributed by atoms with Crippen LogP contribution in [-0.2, 0) is 0 Å². The van der Waals surface area contributed by atoms with Crippen LogP contribution in [0.1, 0.15) is 0 Å². The average molecular weight is 313 g/mol. The molecule has 0 radical (unpaired) electrons. The zero-order chi connectivity index (χ0) is 15.4. The van der Waals surface area contributed by atoms with Crippen LogP contribution in [0.25, 0.3) is 11.4 Å². The van der Waals surface area contributed by atoms with Gasteiger partial charge in [0.05, 0.1) is 14.2 Å². The first kappa shape index (κ1) is 14.3. The lowest BCUT2D eigenvalue weighted by atomic mass is 10.2. The molecule has 1 N–H and O–H groups in total. The summed E-state index contributed by atoms with van der Waals surface area (Å²) in [5.74, 6) is 2.15. The molecule has 3 aromatic rings. The van der Waals surface area contributed by atoms with E-state index < -0.39 is 0 Å². The first-order chi connectivity index (χ1) is 10.8. The molecule has 0 spiro atoms. The minimum atomic E-state index is 0.711. The molecular formula is C16H15N3O2S. The van der Waals surface area contributed by atoms with Gasteiger partial charge < -0.3 is 14.8 Å². The molecule has 2 aromatic carbocycles. The van der Waals surface area contributed by atoms with E-state index in [1.54, 1.807) is 14.2 Å². The fourth-order valence-electron chi connectivity index (χ4n) is 1.98. The summed E-state index contributed by atoms with van der Waals surface area (Å²) in [4.78, 5) is 4.50. The van der Waals surface area contributed by atoms with Gasteiger partial charge in [-0.25, -0.2) is 0 Å². The molecule has 0 aliphatic heterocycles. The third kappa shape index (κ3) is 3.17. The number of rotatable bonds is 5. The van der Waals surface area contributed by atoms with Crippen molar-refractivity contribution in [2.45, 2.75) is 0 Å². The van der Waals surface area contributed by atoms with Crippen LogP contribution in [-0.4, -0.2) is 23.6 Å². The molecule has 0 amide bonds. The summed E-state index contributed by atoms with van der Waals surface area (Å²) in [5, 5.41) is 3.95. The smallest absolute Gasteiger partial charge is 0.207 e. The summed E-state index contributed by atoms with van der Waals surface area (Å²) < 4.78 is 14.9. The van der Waals surface area contributed by atoms with Crippen LogP contribution in [0.2, 0.25) is 0 Å². The number of aromatic nitrogens is 2. The number of methoxy groups -OCH3 is 2. The number of benzene rings is 2. The molecule has 5 nitrogen and oxygen atoms in total. The van der Waals surface area contributed by atoms with Gasteiger partial charge in [-0.2, -0.15) is 9.36 Å². The molecule has 0 bridgehead atoms. The zero-order valence-corrected chi connectivity index (χ0v) is 13.1. The zero-order valence-electron chi connectivity index (χ0n) is 12.2. The molecule has 22 heavy (non-hydrogen) atoms. The Hall–Kier alpha value is -2.60. The van der Waals surface area contributed by atoms with Gasteiger partial charge in [-0.1, -0.05) is 30.3 Å². The van der Waals surface area contributed by atoms with Crippen molar-refractivity contribution in [3.05, 3.63) is 48.5 Å². The molecule has 0 aliphatic carbocycles. The van der Waals surface area contributed by atoms with E-state index in [-0.39, 0.29) is 0 Å². The van der Waals surface area contributed by atoms with Gasteiger partial charge in [0, 0.05) is 41.0 Å². The highest BCUT2D eigenvalue weighted by atomic mass is 32.1. The maximum absolute atomic E-state index is 5.26. The number of hydrogen-bond acceptors (Lipinski definition) is 6. The summed E-state index contributed by atoms with van der Waals surface area (Å²) in [7, 11) is 3.24. The lowest BCUT2D eigenvalue weighted by molar-refractivity contribution is 0.395. The minimum absolute atomic E-state index is 0.711. The lowest BCUT2D eigenvalue weighted by Crippen LogP contribution is -1.93. The minimum Gasteiger partial charge on any atom is -0.497 e. The molecule has 0 fully saturated rings. The first-order valence-electron chi connectivity index (χ1n) is 6.67. The van der Waals surface area contributed by atoms with Gasteiger partial charge in [-0.05, 0) is 0 Å². The SMILES string of the molecule is COc1cc(Nc2nc(-c3ccccc3)ns2)cc(OC)c1. The van der Waals surface area contributed by atoms with Crippen molar-refractivity contribution >= 4 is 22.4 Å². The highest BCUT2D eigenvalue weighted by Gasteiger charge is 2.08. The topological polar surface area (TPSA) is 56.3 Å². The third-order valence-electron chi connectivity index (χ3n) is 3.06. The Kier molecular flexibility index (Phi) is 4.20. The second-order valence-electron chi connectivity index (χ2n) is 4.52. The van der Waals surface area contributed by atoms with E-state index in [0.717, 1.165) is 22.7 Å². The summed E-state index contributed by atoms with van der Waals surface area (Å²) in [6, 6.07) is 15.5. The van der Waals surface area contributed by atoms with E-state index in [2.05, 4.69) is 14.7 Å². The van der Waals surface area contributed by atoms with Crippen molar-refractivity contribution in [1.29, 1.82) is 0 Å². The second kappa shape index (κ2) is 6.44. The summed E-state index contributed by atoms with van der Waals surface area (Å²) in [6.07, 6.45) is 0. The van der Waals surface area contributed by atoms with Crippen LogP contribution >= 0.6 is 11.5 Å². The molecule has 0 atom stereocenters. The monoisotopic (exact) mass is 313 g/mol. The van der Waals surface area contributed by atoms with Gasteiger partial charge >= 0.3 is 0 Å². The van der Waals surface area contributed by atoms with Crippen molar-refractivity contribution in [3.8, 4) is 22.9 Å². The van der Waals surface area contributed by atoms with Crippen molar-refractivity contribution in [1.82, 2.24) is 9.36 Å². The van der Waals surface area contributed by atoms with Crippen LogP contribution in [0, 0.1) is 0 Å². The van der Waals surface area contributed by atoms with Gasteiger partial charge in [-0.15, -0.1) is 0 Å². The second-order valence-corrected chi connectivity index (χ2v) is 5.27. The fraction of sp³-hybridized carbons (Fsp3) is 0.125. The molecule has 1 heterocycles. The third-order valence-corrected chi connectivity index (χ3v) is 3.69. The number of anilines is 2. The molecule has 1 aromatic heterocycles. The molecule has 0 aliphatic rings. The Balaban J connectivity index is 1.83. The molecule has 0 unspecified atom stereocenters. The van der Waals surface area contributed by atoms with E-state index in [1.807, 2.05) is 48.5 Å². The molecule has 3 rings (SSSR count). The number of nitrogens with one attached hydrogen (secondary N) is 1. The maximum atomic E-state index is 5.26. The van der Waals surface area contributed by atoms with Crippen molar-refractivity contribution < 1.29 is 9.47 Å². The quantitative estimate of drug-likeness (QED) is 0.772. The lowest BCUT2D eigenvalue weighted by Gasteiger charge is -2.08. The van der Waals surface area contributed by atoms with Crippen LogP contribution in [0.15, 0.2) is 48.5 Å². The highest BCUT2D eigenvalue weighted by molar-refractivity contribution is 7.09. The predicted molar refractivity (Wildman–Crippen MR) is 88.2 cm³/mol. The molecule has 6 heteroatoms. The average Bonchev–Trinajstić information content (AvgIpc) is 3.03. The Morgan fingerprint density at radius 1 is 0.955 bits per heavy atom. The van der Waals surface area contributed by atoms with Gasteiger partial charge in [0.2, 0.25) is 5.13 Å². The summed E-state index contributed by atoms with van der Waals surface area (Å²) in [5.41, 5.74) is 1.84. The van der Waals surface area contributed by atoms with Gasteiger partial charge in [0.15, 0.2) is 5.82 Å². The van der Waals surface area contributed by atoms with E-state index >= 15 is 0 Å². The predicted octanol–water partition coefficient (Wildman–Crippen LogP) is 3.97. The van der Waals surface area contributed by atoms with Crippen LogP contribution in [0.4, 0.5) is 10.8 Å². The van der Waals surface area contributed by atoms with Crippen molar-refractivity contribution in [3.63, 3.8) is 0 Å². The molecular weight excluding hydrogens is 298 g/mol. The van der Waals surface area contributed by atoms with Crippen molar-refractivity contribution in [2.75, 3.05) is 19.5 Å². The molecule has 0 saturated carbocycles. The Labute approximate surface area is 132 Å². The number of ether oxygens (including phenoxy) is 2. The van der Waals surface area contributed by atoms with Crippen LogP contribution in [0.3, 0.4) is 0 Å². The Morgan fingerprint density at radius 2 is 1.64 bits per heavy atom. The normalized spacial score (nSPS) is 10.3. The first-order valence-corrected chi connectivity index (χ1v) is 7.45. The maximum Gasteiger partial charge on any atom is 0.207 e. The fourth-order valence-corrected chi connectivity index (χ4v) is 2.59.